The molecule has 6 heteroatoms. The maximum absolute atomic E-state index is 5.64. The summed E-state index contributed by atoms with van der Waals surface area (Å²) in [6.07, 6.45) is 0. The fraction of sp³-hybridized carbons (Fsp3) is 0.833. The first-order chi connectivity index (χ1) is 5.72. The average Bonchev–Trinajstić information content (AvgIpc) is 2.47. The lowest BCUT2D eigenvalue weighted by Gasteiger charge is -2.02. The Hall–Kier alpha value is -0.290. The highest BCUT2D eigenvalue weighted by atomic mass is 35.5. The number of tetrazole rings is 1. The van der Waals surface area contributed by atoms with Crippen molar-refractivity contribution in [3.63, 3.8) is 0 Å². The Labute approximate surface area is 80.7 Å². The molecule has 1 heterocycles. The van der Waals surface area contributed by atoms with E-state index in [0.29, 0.717) is 11.1 Å². The molecule has 0 aliphatic carbocycles. The largest absolute Gasteiger partial charge is 0.184 e. The molecular weight excluding hydrogens is 196 g/mol. The quantitative estimate of drug-likeness (QED) is 0.692. The lowest BCUT2D eigenvalue weighted by Crippen LogP contribution is -1.99. The van der Waals surface area contributed by atoms with Gasteiger partial charge >= 0.3 is 0 Å². The highest BCUT2D eigenvalue weighted by molar-refractivity contribution is 7.99. The Kier molecular flexibility index (Phi) is 3.81. The molecule has 1 atom stereocenters. The monoisotopic (exact) mass is 206 g/mol. The van der Waals surface area contributed by atoms with Gasteiger partial charge in [-0.25, -0.2) is 0 Å². The number of rotatable bonds is 4. The molecule has 4 nitrogen and oxygen atoms in total. The van der Waals surface area contributed by atoms with Crippen LogP contribution >= 0.6 is 23.4 Å². The number of alkyl halides is 1. The molecule has 0 saturated carbocycles. The maximum atomic E-state index is 5.64. The van der Waals surface area contributed by atoms with Crippen LogP contribution in [0.4, 0.5) is 0 Å². The van der Waals surface area contributed by atoms with Gasteiger partial charge in [0.1, 0.15) is 0 Å². The molecule has 0 saturated heterocycles. The van der Waals surface area contributed by atoms with Crippen molar-refractivity contribution in [3.05, 3.63) is 5.82 Å². The number of nitrogens with zero attached hydrogens (tertiary/aromatic N) is 4. The topological polar surface area (TPSA) is 43.6 Å². The predicted molar refractivity (Wildman–Crippen MR) is 50.3 cm³/mol. The number of hydrogen-bond acceptors (Lipinski definition) is 4. The lowest BCUT2D eigenvalue weighted by molar-refractivity contribution is 0.628. The predicted octanol–water partition coefficient (Wildman–Crippen LogP) is 1.07. The molecule has 0 radical (unpaired) electrons. The van der Waals surface area contributed by atoms with E-state index in [0.717, 1.165) is 11.6 Å². The minimum Gasteiger partial charge on any atom is -0.167 e. The summed E-state index contributed by atoms with van der Waals surface area (Å²) in [4.78, 5) is 1.46. The van der Waals surface area contributed by atoms with Crippen molar-refractivity contribution < 1.29 is 0 Å². The van der Waals surface area contributed by atoms with E-state index in [9.17, 15) is 0 Å². The van der Waals surface area contributed by atoms with Crippen molar-refractivity contribution in [2.24, 2.45) is 7.05 Å². The van der Waals surface area contributed by atoms with E-state index >= 15 is 0 Å². The maximum Gasteiger partial charge on any atom is 0.184 e. The number of aromatic nitrogens is 4. The zero-order valence-electron chi connectivity index (χ0n) is 7.07. The van der Waals surface area contributed by atoms with E-state index in [2.05, 4.69) is 22.3 Å². The third-order valence-electron chi connectivity index (χ3n) is 1.26. The fourth-order valence-corrected chi connectivity index (χ4v) is 1.55. The Morgan fingerprint density at radius 1 is 1.67 bits per heavy atom. The Morgan fingerprint density at radius 3 is 2.92 bits per heavy atom. The Balaban J connectivity index is 2.33. The first kappa shape index (κ1) is 9.80. The van der Waals surface area contributed by atoms with Crippen LogP contribution in [0.15, 0.2) is 0 Å². The summed E-state index contributed by atoms with van der Waals surface area (Å²) in [5, 5.41) is 12.1. The molecule has 0 aliphatic heterocycles. The number of hydrogen-bond donors (Lipinski definition) is 0. The van der Waals surface area contributed by atoms with Gasteiger partial charge in [-0.3, -0.25) is 0 Å². The van der Waals surface area contributed by atoms with Crippen molar-refractivity contribution >= 4 is 23.4 Å². The highest BCUT2D eigenvalue weighted by Crippen LogP contribution is 2.15. The summed E-state index contributed by atoms with van der Waals surface area (Å²) in [6, 6.07) is 0. The summed E-state index contributed by atoms with van der Waals surface area (Å²) in [5.74, 6) is 2.20. The Bertz CT molecular complexity index is 239. The summed E-state index contributed by atoms with van der Waals surface area (Å²) < 4.78 is 0. The molecule has 0 amide bonds. The minimum atomic E-state index is 0.440. The van der Waals surface area contributed by atoms with Gasteiger partial charge < -0.3 is 0 Å². The summed E-state index contributed by atoms with van der Waals surface area (Å²) >= 11 is 7.37. The molecule has 1 unspecified atom stereocenters. The third-order valence-corrected chi connectivity index (χ3v) is 3.07. The molecule has 1 rings (SSSR count). The van der Waals surface area contributed by atoms with Gasteiger partial charge in [0.05, 0.1) is 12.8 Å². The smallest absolute Gasteiger partial charge is 0.167 e. The summed E-state index contributed by atoms with van der Waals surface area (Å²) in [7, 11) is 1.76. The van der Waals surface area contributed by atoms with Crippen LogP contribution in [0, 0.1) is 0 Å². The number of aryl methyl sites for hydroxylation is 1. The van der Waals surface area contributed by atoms with Crippen molar-refractivity contribution in [1.29, 1.82) is 0 Å². The van der Waals surface area contributed by atoms with Gasteiger partial charge in [0.2, 0.25) is 0 Å². The van der Waals surface area contributed by atoms with Crippen LogP contribution in [0.25, 0.3) is 0 Å². The fourth-order valence-electron chi connectivity index (χ4n) is 0.642. The van der Waals surface area contributed by atoms with E-state index in [1.165, 1.54) is 4.80 Å². The van der Waals surface area contributed by atoms with Crippen LogP contribution in [0.5, 0.6) is 0 Å². The molecule has 0 aromatic carbocycles. The van der Waals surface area contributed by atoms with Gasteiger partial charge in [-0.2, -0.15) is 4.80 Å². The zero-order chi connectivity index (χ0) is 8.97. The van der Waals surface area contributed by atoms with Gasteiger partial charge in [-0.15, -0.1) is 33.6 Å². The lowest BCUT2D eigenvalue weighted by atomic mass is 10.6. The van der Waals surface area contributed by atoms with E-state index in [1.807, 2.05) is 0 Å². The normalized spacial score (nSPS) is 13.2. The van der Waals surface area contributed by atoms with Crippen LogP contribution in [0.1, 0.15) is 12.7 Å². The number of halogens is 1. The van der Waals surface area contributed by atoms with E-state index < -0.39 is 0 Å². The second kappa shape index (κ2) is 4.67. The van der Waals surface area contributed by atoms with Crippen LogP contribution in [0.2, 0.25) is 0 Å². The summed E-state index contributed by atoms with van der Waals surface area (Å²) in [6.45, 7) is 2.08. The van der Waals surface area contributed by atoms with Gasteiger partial charge in [0.15, 0.2) is 5.82 Å². The van der Waals surface area contributed by atoms with E-state index in [4.69, 9.17) is 11.6 Å². The molecular formula is C6H11ClN4S. The van der Waals surface area contributed by atoms with Gasteiger partial charge in [-0.05, 0) is 5.21 Å². The SMILES string of the molecule is CC(CCl)SCc1nnn(C)n1. The van der Waals surface area contributed by atoms with Gasteiger partial charge in [0, 0.05) is 11.1 Å². The van der Waals surface area contributed by atoms with Crippen molar-refractivity contribution in [1.82, 2.24) is 20.2 Å². The van der Waals surface area contributed by atoms with Crippen molar-refractivity contribution in [2.45, 2.75) is 17.9 Å². The van der Waals surface area contributed by atoms with Gasteiger partial charge in [0.25, 0.3) is 0 Å². The molecule has 0 N–H and O–H groups in total. The molecule has 0 fully saturated rings. The van der Waals surface area contributed by atoms with E-state index in [1.54, 1.807) is 18.8 Å². The van der Waals surface area contributed by atoms with Crippen LogP contribution in [-0.2, 0) is 12.8 Å². The Morgan fingerprint density at radius 2 is 2.42 bits per heavy atom. The molecule has 1 aromatic rings. The van der Waals surface area contributed by atoms with Gasteiger partial charge in [-0.1, -0.05) is 6.92 Å². The van der Waals surface area contributed by atoms with Crippen LogP contribution in [-0.4, -0.2) is 31.3 Å². The summed E-state index contributed by atoms with van der Waals surface area (Å²) in [5.41, 5.74) is 0. The number of thioether (sulfide) groups is 1. The van der Waals surface area contributed by atoms with Crippen LogP contribution in [0.3, 0.4) is 0 Å². The third kappa shape index (κ3) is 2.98. The van der Waals surface area contributed by atoms with Crippen LogP contribution < -0.4 is 0 Å². The second-order valence-electron chi connectivity index (χ2n) is 2.47. The van der Waals surface area contributed by atoms with Crippen molar-refractivity contribution in [3.8, 4) is 0 Å². The molecule has 0 aliphatic rings. The molecule has 1 aromatic heterocycles. The van der Waals surface area contributed by atoms with E-state index in [-0.39, 0.29) is 0 Å². The first-order valence-corrected chi connectivity index (χ1v) is 5.21. The average molecular weight is 207 g/mol. The second-order valence-corrected chi connectivity index (χ2v) is 4.21. The minimum absolute atomic E-state index is 0.440. The zero-order valence-corrected chi connectivity index (χ0v) is 8.64. The standard InChI is InChI=1S/C6H11ClN4S/c1-5(3-7)12-4-6-8-10-11(2)9-6/h5H,3-4H2,1-2H3. The van der Waals surface area contributed by atoms with Crippen molar-refractivity contribution in [2.75, 3.05) is 5.88 Å². The molecule has 0 spiro atoms. The molecule has 12 heavy (non-hydrogen) atoms. The highest BCUT2D eigenvalue weighted by Gasteiger charge is 2.04. The molecule has 68 valence electrons. The first-order valence-electron chi connectivity index (χ1n) is 3.63. The molecule has 0 bridgehead atoms.